The van der Waals surface area contributed by atoms with Crippen molar-refractivity contribution in [2.75, 3.05) is 15.4 Å². The van der Waals surface area contributed by atoms with Gasteiger partial charge < -0.3 is 9.84 Å². The van der Waals surface area contributed by atoms with Crippen molar-refractivity contribution in [1.29, 1.82) is 0 Å². The third kappa shape index (κ3) is 4.62. The van der Waals surface area contributed by atoms with Gasteiger partial charge in [-0.1, -0.05) is 12.1 Å². The number of anilines is 2. The van der Waals surface area contributed by atoms with Crippen LogP contribution in [0.2, 0.25) is 0 Å². The van der Waals surface area contributed by atoms with Crippen LogP contribution in [-0.4, -0.2) is 45.6 Å². The van der Waals surface area contributed by atoms with Gasteiger partial charge in [0.1, 0.15) is 5.76 Å². The predicted molar refractivity (Wildman–Crippen MR) is 111 cm³/mol. The lowest BCUT2D eigenvalue weighted by Crippen LogP contribution is -2.41. The number of carbonyl (C=O) groups excluding carboxylic acids is 2. The largest absolute Gasteiger partial charge is 0.360 e. The number of aromatic nitrogens is 1. The summed E-state index contributed by atoms with van der Waals surface area (Å²) in [5.41, 5.74) is 0.283. The second-order valence-electron chi connectivity index (χ2n) is 7.39. The summed E-state index contributed by atoms with van der Waals surface area (Å²) in [5, 5.41) is 6.05. The fraction of sp³-hybridized carbons (Fsp3) is 0.389. The summed E-state index contributed by atoms with van der Waals surface area (Å²) in [6.07, 6.45) is 0. The second kappa shape index (κ2) is 8.05. The van der Waals surface area contributed by atoms with Crippen LogP contribution in [-0.2, 0) is 29.6 Å². The average Bonchev–Trinajstić information content (AvgIpc) is 3.13. The highest BCUT2D eigenvalue weighted by molar-refractivity contribution is 7.94. The van der Waals surface area contributed by atoms with Gasteiger partial charge >= 0.3 is 0 Å². The van der Waals surface area contributed by atoms with E-state index in [0.717, 1.165) is 0 Å². The van der Waals surface area contributed by atoms with E-state index in [2.05, 4.69) is 15.2 Å². The van der Waals surface area contributed by atoms with Gasteiger partial charge in [-0.25, -0.2) is 21.1 Å². The topological polar surface area (TPSA) is 156 Å². The molecule has 11 nitrogen and oxygen atoms in total. The first-order valence-electron chi connectivity index (χ1n) is 9.26. The molecule has 1 aliphatic rings. The molecule has 1 aliphatic heterocycles. The molecule has 0 aliphatic carbocycles. The van der Waals surface area contributed by atoms with Crippen molar-refractivity contribution in [3.63, 3.8) is 0 Å². The maximum absolute atomic E-state index is 12.8. The van der Waals surface area contributed by atoms with Crippen molar-refractivity contribution in [3.05, 3.63) is 35.6 Å². The lowest BCUT2D eigenvalue weighted by atomic mass is 10.2. The van der Waals surface area contributed by atoms with E-state index >= 15 is 0 Å². The van der Waals surface area contributed by atoms with Gasteiger partial charge in [0.05, 0.1) is 28.3 Å². The minimum Gasteiger partial charge on any atom is -0.360 e. The first-order valence-corrected chi connectivity index (χ1v) is 12.3. The molecule has 1 saturated heterocycles. The predicted octanol–water partition coefficient (Wildman–Crippen LogP) is 0.909. The molecular formula is C18H22N4O7S2. The van der Waals surface area contributed by atoms with Gasteiger partial charge in [0.2, 0.25) is 31.9 Å². The Morgan fingerprint density at radius 1 is 1.29 bits per heavy atom. The maximum Gasteiger partial charge on any atom is 0.244 e. The summed E-state index contributed by atoms with van der Waals surface area (Å²) in [6.45, 7) is 5.99. The van der Waals surface area contributed by atoms with Crippen LogP contribution in [0.3, 0.4) is 0 Å². The van der Waals surface area contributed by atoms with Crippen molar-refractivity contribution in [2.24, 2.45) is 5.92 Å². The number of nitrogens with one attached hydrogen (secondary N) is 2. The number of rotatable bonds is 6. The smallest absolute Gasteiger partial charge is 0.244 e. The van der Waals surface area contributed by atoms with E-state index in [1.54, 1.807) is 6.92 Å². The zero-order valence-corrected chi connectivity index (χ0v) is 18.9. The first kappa shape index (κ1) is 22.9. The molecule has 0 bridgehead atoms. The Bertz CT molecular complexity index is 1250. The summed E-state index contributed by atoms with van der Waals surface area (Å²) in [6, 6.07) is 4.10. The molecule has 2 heterocycles. The molecule has 2 atom stereocenters. The monoisotopic (exact) mass is 470 g/mol. The Morgan fingerprint density at radius 3 is 2.48 bits per heavy atom. The molecule has 1 aromatic carbocycles. The summed E-state index contributed by atoms with van der Waals surface area (Å²) in [7, 11) is -7.93. The average molecular weight is 471 g/mol. The normalized spacial score (nSPS) is 19.4. The van der Waals surface area contributed by atoms with Gasteiger partial charge in [-0.05, 0) is 44.5 Å². The molecule has 2 aromatic rings. The Labute approximate surface area is 179 Å². The van der Waals surface area contributed by atoms with Crippen molar-refractivity contribution in [1.82, 2.24) is 9.88 Å². The molecule has 3 rings (SSSR count). The number of sulfonamides is 2. The Hall–Kier alpha value is -2.77. The van der Waals surface area contributed by atoms with Crippen LogP contribution in [0.5, 0.6) is 0 Å². The van der Waals surface area contributed by atoms with Crippen LogP contribution in [0, 0.1) is 19.8 Å². The van der Waals surface area contributed by atoms with E-state index in [4.69, 9.17) is 4.52 Å². The van der Waals surface area contributed by atoms with Crippen molar-refractivity contribution in [2.45, 2.75) is 38.6 Å². The molecule has 2 N–H and O–H groups in total. The van der Waals surface area contributed by atoms with Crippen LogP contribution >= 0.6 is 0 Å². The third-order valence-corrected chi connectivity index (χ3v) is 8.22. The van der Waals surface area contributed by atoms with Gasteiger partial charge in [0.25, 0.3) is 0 Å². The standard InChI is InChI=1S/C18H22N4O7S2/c1-10-7-14(22-18(24)11(2)9-30(22,25)26)5-6-15(10)31(27,28)21-13(4)17(23)19-16-8-12(3)29-20-16/h5-8,11,13,21H,9H2,1-4H3,(H,19,20,23)/t11-,13-/m0/s1. The van der Waals surface area contributed by atoms with Gasteiger partial charge in [-0.3, -0.25) is 9.59 Å². The highest BCUT2D eigenvalue weighted by Crippen LogP contribution is 2.30. The maximum atomic E-state index is 12.8. The highest BCUT2D eigenvalue weighted by atomic mass is 32.2. The van der Waals surface area contributed by atoms with Gasteiger partial charge in [-0.2, -0.15) is 4.72 Å². The summed E-state index contributed by atoms with van der Waals surface area (Å²) in [5.74, 6) is -1.56. The Morgan fingerprint density at radius 2 is 1.97 bits per heavy atom. The van der Waals surface area contributed by atoms with E-state index in [0.29, 0.717) is 10.1 Å². The molecular weight excluding hydrogens is 448 g/mol. The molecule has 2 amide bonds. The fourth-order valence-electron chi connectivity index (χ4n) is 3.16. The molecule has 1 aromatic heterocycles. The highest BCUT2D eigenvalue weighted by Gasteiger charge is 2.42. The number of hydrogen-bond acceptors (Lipinski definition) is 8. The van der Waals surface area contributed by atoms with Crippen molar-refractivity contribution in [3.8, 4) is 0 Å². The summed E-state index contributed by atoms with van der Waals surface area (Å²) >= 11 is 0. The van der Waals surface area contributed by atoms with Gasteiger partial charge in [-0.15, -0.1) is 0 Å². The van der Waals surface area contributed by atoms with E-state index in [-0.39, 0.29) is 27.7 Å². The van der Waals surface area contributed by atoms with Crippen LogP contribution in [0.4, 0.5) is 11.5 Å². The zero-order chi connectivity index (χ0) is 23.1. The second-order valence-corrected chi connectivity index (χ2v) is 10.9. The minimum absolute atomic E-state index is 0.0676. The first-order chi connectivity index (χ1) is 14.3. The summed E-state index contributed by atoms with van der Waals surface area (Å²) in [4.78, 5) is 24.4. The molecule has 1 fully saturated rings. The van der Waals surface area contributed by atoms with Gasteiger partial charge in [0.15, 0.2) is 5.82 Å². The molecule has 168 valence electrons. The Kier molecular flexibility index (Phi) is 5.95. The van der Waals surface area contributed by atoms with Crippen LogP contribution < -0.4 is 14.3 Å². The summed E-state index contributed by atoms with van der Waals surface area (Å²) < 4.78 is 57.9. The molecule has 0 unspecified atom stereocenters. The fourth-order valence-corrected chi connectivity index (χ4v) is 6.40. The number of benzene rings is 1. The van der Waals surface area contributed by atoms with Crippen molar-refractivity contribution < 1.29 is 30.9 Å². The number of aryl methyl sites for hydroxylation is 2. The molecule has 0 radical (unpaired) electrons. The number of hydrogen-bond donors (Lipinski definition) is 2. The van der Waals surface area contributed by atoms with Crippen LogP contribution in [0.1, 0.15) is 25.2 Å². The van der Waals surface area contributed by atoms with E-state index in [1.807, 2.05) is 0 Å². The quantitative estimate of drug-likeness (QED) is 0.631. The minimum atomic E-state index is -4.12. The molecule has 31 heavy (non-hydrogen) atoms. The van der Waals surface area contributed by atoms with E-state index < -0.39 is 43.8 Å². The van der Waals surface area contributed by atoms with E-state index in [1.165, 1.54) is 45.0 Å². The van der Waals surface area contributed by atoms with Crippen LogP contribution in [0.15, 0.2) is 33.7 Å². The SMILES string of the molecule is Cc1cc(NC(=O)[C@H](C)NS(=O)(=O)c2ccc(N3C(=O)[C@@H](C)CS3(=O)=O)cc2C)no1. The lowest BCUT2D eigenvalue weighted by molar-refractivity contribution is -0.119. The Balaban J connectivity index is 1.80. The number of nitrogens with zero attached hydrogens (tertiary/aromatic N) is 2. The molecule has 0 saturated carbocycles. The van der Waals surface area contributed by atoms with Crippen LogP contribution in [0.25, 0.3) is 0 Å². The van der Waals surface area contributed by atoms with Crippen molar-refractivity contribution >= 4 is 43.4 Å². The van der Waals surface area contributed by atoms with E-state index in [9.17, 15) is 26.4 Å². The molecule has 0 spiro atoms. The number of amides is 2. The van der Waals surface area contributed by atoms with Gasteiger partial charge in [0, 0.05) is 6.07 Å². The number of carbonyl (C=O) groups is 2. The molecule has 13 heteroatoms. The zero-order valence-electron chi connectivity index (χ0n) is 17.2. The third-order valence-electron chi connectivity index (χ3n) is 4.65. The lowest BCUT2D eigenvalue weighted by Gasteiger charge is -2.18.